The van der Waals surface area contributed by atoms with Crippen molar-refractivity contribution in [3.8, 4) is 0 Å². The minimum atomic E-state index is -4.63. The predicted octanol–water partition coefficient (Wildman–Crippen LogP) is 2.66. The fraction of sp³-hybridized carbons (Fsp3) is 0.417. The first-order valence-electron chi connectivity index (χ1n) is 5.97. The molecule has 0 aliphatic rings. The number of aromatic nitrogens is 3. The Bertz CT molecular complexity index is 701. The van der Waals surface area contributed by atoms with Crippen LogP contribution in [0.2, 0.25) is 0 Å². The summed E-state index contributed by atoms with van der Waals surface area (Å²) in [5.41, 5.74) is -2.17. The number of hydrogen-bond acceptors (Lipinski definition) is 4. The molecule has 0 aliphatic carbocycles. The third kappa shape index (κ3) is 3.23. The van der Waals surface area contributed by atoms with Gasteiger partial charge in [0, 0.05) is 17.7 Å². The van der Waals surface area contributed by atoms with Gasteiger partial charge in [-0.3, -0.25) is 0 Å². The Labute approximate surface area is 117 Å². The van der Waals surface area contributed by atoms with E-state index in [1.807, 2.05) is 0 Å². The van der Waals surface area contributed by atoms with E-state index in [9.17, 15) is 18.0 Å². The molecule has 0 spiro atoms. The lowest BCUT2D eigenvalue weighted by atomic mass is 10.1. The number of fused-ring (bicyclic) bond motifs is 1. The highest BCUT2D eigenvalue weighted by Crippen LogP contribution is 2.29. The molecule has 0 unspecified atom stereocenters. The van der Waals surface area contributed by atoms with Gasteiger partial charge in [-0.25, -0.2) is 9.78 Å². The zero-order valence-electron chi connectivity index (χ0n) is 11.5. The van der Waals surface area contributed by atoms with Crippen LogP contribution in [0.15, 0.2) is 12.1 Å². The molecule has 6 nitrogen and oxygen atoms in total. The maximum atomic E-state index is 12.7. The summed E-state index contributed by atoms with van der Waals surface area (Å²) >= 11 is 0. The van der Waals surface area contributed by atoms with Gasteiger partial charge >= 0.3 is 12.1 Å². The predicted molar refractivity (Wildman–Crippen MR) is 68.3 cm³/mol. The van der Waals surface area contributed by atoms with Gasteiger partial charge < -0.3 is 10.4 Å². The molecule has 2 rings (SSSR count). The molecule has 9 heteroatoms. The smallest absolute Gasteiger partial charge is 0.435 e. The van der Waals surface area contributed by atoms with E-state index in [4.69, 9.17) is 5.11 Å². The summed E-state index contributed by atoms with van der Waals surface area (Å²) in [4.78, 5) is 14.7. The van der Waals surface area contributed by atoms with Crippen molar-refractivity contribution < 1.29 is 23.1 Å². The van der Waals surface area contributed by atoms with Gasteiger partial charge in [0.15, 0.2) is 17.0 Å². The van der Waals surface area contributed by atoms with Crippen molar-refractivity contribution >= 4 is 17.4 Å². The first-order valence-corrected chi connectivity index (χ1v) is 5.97. The first-order chi connectivity index (χ1) is 9.47. The number of anilines is 1. The second-order valence-corrected chi connectivity index (χ2v) is 5.50. The second kappa shape index (κ2) is 4.61. The van der Waals surface area contributed by atoms with Crippen LogP contribution in [0.1, 0.15) is 37.0 Å². The van der Waals surface area contributed by atoms with Gasteiger partial charge in [0.05, 0.1) is 0 Å². The van der Waals surface area contributed by atoms with Crippen LogP contribution in [0, 0.1) is 0 Å². The normalized spacial score (nSPS) is 12.7. The lowest BCUT2D eigenvalue weighted by molar-refractivity contribution is -0.141. The molecule has 21 heavy (non-hydrogen) atoms. The number of aromatic carboxylic acids is 1. The highest BCUT2D eigenvalue weighted by atomic mass is 19.4. The third-order valence-electron chi connectivity index (χ3n) is 2.44. The Morgan fingerprint density at radius 3 is 2.38 bits per heavy atom. The van der Waals surface area contributed by atoms with Crippen LogP contribution in [0.5, 0.6) is 0 Å². The van der Waals surface area contributed by atoms with Crippen LogP contribution in [0.25, 0.3) is 5.65 Å². The van der Waals surface area contributed by atoms with Gasteiger partial charge in [0.2, 0.25) is 0 Å². The lowest BCUT2D eigenvalue weighted by Gasteiger charge is -2.22. The SMILES string of the molecule is CC(C)(C)Nc1cc(C(=O)O)nc2cc(C(F)(F)F)nn12. The molecule has 2 aromatic heterocycles. The van der Waals surface area contributed by atoms with Crippen LogP contribution in [-0.4, -0.2) is 31.2 Å². The van der Waals surface area contributed by atoms with Crippen LogP contribution < -0.4 is 5.32 Å². The standard InChI is InChI=1S/C12H13F3N4O2/c1-11(2,3)17-9-4-6(10(20)21)16-8-5-7(12(13,14)15)18-19(8)9/h4-5,17H,1-3H3,(H,20,21). The van der Waals surface area contributed by atoms with Gasteiger partial charge in [0.25, 0.3) is 0 Å². The monoisotopic (exact) mass is 302 g/mol. The van der Waals surface area contributed by atoms with Crippen molar-refractivity contribution in [2.45, 2.75) is 32.5 Å². The molecular formula is C12H13F3N4O2. The van der Waals surface area contributed by atoms with Crippen LogP contribution in [-0.2, 0) is 6.18 Å². The zero-order chi connectivity index (χ0) is 16.0. The van der Waals surface area contributed by atoms with Crippen molar-refractivity contribution in [2.75, 3.05) is 5.32 Å². The van der Waals surface area contributed by atoms with Gasteiger partial charge in [-0.2, -0.15) is 22.8 Å². The van der Waals surface area contributed by atoms with Gasteiger partial charge in [-0.1, -0.05) is 0 Å². The molecule has 2 heterocycles. The van der Waals surface area contributed by atoms with Crippen LogP contribution >= 0.6 is 0 Å². The van der Waals surface area contributed by atoms with E-state index in [0.717, 1.165) is 10.6 Å². The average Bonchev–Trinajstić information content (AvgIpc) is 2.70. The second-order valence-electron chi connectivity index (χ2n) is 5.50. The Kier molecular flexibility index (Phi) is 3.31. The Morgan fingerprint density at radius 1 is 1.29 bits per heavy atom. The van der Waals surface area contributed by atoms with Crippen LogP contribution in [0.3, 0.4) is 0 Å². The minimum Gasteiger partial charge on any atom is -0.477 e. The molecule has 0 bridgehead atoms. The molecule has 0 aromatic carbocycles. The summed E-state index contributed by atoms with van der Waals surface area (Å²) in [6.45, 7) is 5.36. The Morgan fingerprint density at radius 2 is 1.90 bits per heavy atom. The largest absolute Gasteiger partial charge is 0.477 e. The van der Waals surface area contributed by atoms with E-state index in [-0.39, 0.29) is 17.2 Å². The number of halogens is 3. The number of carboxylic acid groups (broad SMARTS) is 1. The number of alkyl halides is 3. The number of carboxylic acids is 1. The highest BCUT2D eigenvalue weighted by molar-refractivity contribution is 5.87. The van der Waals surface area contributed by atoms with E-state index in [0.29, 0.717) is 6.07 Å². The van der Waals surface area contributed by atoms with Gasteiger partial charge in [0.1, 0.15) is 5.82 Å². The highest BCUT2D eigenvalue weighted by Gasteiger charge is 2.35. The summed E-state index contributed by atoms with van der Waals surface area (Å²) < 4.78 is 39.1. The third-order valence-corrected chi connectivity index (χ3v) is 2.44. The lowest BCUT2D eigenvalue weighted by Crippen LogP contribution is -2.28. The molecule has 0 saturated carbocycles. The molecule has 0 amide bonds. The van der Waals surface area contributed by atoms with Crippen molar-refractivity contribution in [1.82, 2.24) is 14.6 Å². The van der Waals surface area contributed by atoms with Gasteiger partial charge in [-0.15, -0.1) is 0 Å². The number of nitrogens with zero attached hydrogens (tertiary/aromatic N) is 3. The number of carbonyl (C=O) groups is 1. The van der Waals surface area contributed by atoms with E-state index in [1.54, 1.807) is 20.8 Å². The molecular weight excluding hydrogens is 289 g/mol. The molecule has 0 fully saturated rings. The fourth-order valence-electron chi connectivity index (χ4n) is 1.70. The summed E-state index contributed by atoms with van der Waals surface area (Å²) in [7, 11) is 0. The Balaban J connectivity index is 2.68. The average molecular weight is 302 g/mol. The summed E-state index contributed by atoms with van der Waals surface area (Å²) in [5.74, 6) is -1.20. The summed E-state index contributed by atoms with van der Waals surface area (Å²) in [5, 5.41) is 15.3. The van der Waals surface area contributed by atoms with E-state index < -0.39 is 23.4 Å². The summed E-state index contributed by atoms with van der Waals surface area (Å²) in [6, 6.07) is 1.86. The molecule has 0 radical (unpaired) electrons. The molecule has 114 valence electrons. The van der Waals surface area contributed by atoms with Crippen molar-refractivity contribution in [3.05, 3.63) is 23.5 Å². The first kappa shape index (κ1) is 15.1. The molecule has 2 N–H and O–H groups in total. The van der Waals surface area contributed by atoms with Crippen molar-refractivity contribution in [1.29, 1.82) is 0 Å². The number of hydrogen-bond donors (Lipinski definition) is 2. The quantitative estimate of drug-likeness (QED) is 0.891. The van der Waals surface area contributed by atoms with E-state index in [2.05, 4.69) is 15.4 Å². The van der Waals surface area contributed by atoms with E-state index in [1.165, 1.54) is 0 Å². The topological polar surface area (TPSA) is 79.5 Å². The fourth-order valence-corrected chi connectivity index (χ4v) is 1.70. The molecule has 0 aliphatic heterocycles. The zero-order valence-corrected chi connectivity index (χ0v) is 11.5. The van der Waals surface area contributed by atoms with Crippen molar-refractivity contribution in [2.24, 2.45) is 0 Å². The van der Waals surface area contributed by atoms with E-state index >= 15 is 0 Å². The molecule has 0 saturated heterocycles. The maximum Gasteiger partial charge on any atom is 0.435 e. The number of nitrogens with one attached hydrogen (secondary N) is 1. The minimum absolute atomic E-state index is 0.125. The molecule has 2 aromatic rings. The van der Waals surface area contributed by atoms with Crippen LogP contribution in [0.4, 0.5) is 19.0 Å². The number of rotatable bonds is 2. The van der Waals surface area contributed by atoms with Crippen molar-refractivity contribution in [3.63, 3.8) is 0 Å². The Hall–Kier alpha value is -2.32. The summed E-state index contributed by atoms with van der Waals surface area (Å²) in [6.07, 6.45) is -4.63. The van der Waals surface area contributed by atoms with Gasteiger partial charge in [-0.05, 0) is 20.8 Å². The maximum absolute atomic E-state index is 12.7. The molecule has 0 atom stereocenters.